The number of hydrogen-bond acceptors (Lipinski definition) is 4. The molecule has 1 aromatic heterocycles. The van der Waals surface area contributed by atoms with Gasteiger partial charge in [-0.2, -0.15) is 0 Å². The van der Waals surface area contributed by atoms with Gasteiger partial charge in [0.1, 0.15) is 19.0 Å². The first-order chi connectivity index (χ1) is 9.88. The van der Waals surface area contributed by atoms with Crippen molar-refractivity contribution in [1.29, 1.82) is 0 Å². The summed E-state index contributed by atoms with van der Waals surface area (Å²) in [6.45, 7) is 3.82. The van der Waals surface area contributed by atoms with E-state index in [4.69, 9.17) is 9.47 Å². The van der Waals surface area contributed by atoms with Crippen LogP contribution in [-0.4, -0.2) is 24.7 Å². The number of rotatable bonds is 3. The Balaban J connectivity index is 1.93. The Morgan fingerprint density at radius 3 is 2.85 bits per heavy atom. The van der Waals surface area contributed by atoms with E-state index >= 15 is 0 Å². The lowest BCUT2D eigenvalue weighted by Crippen LogP contribution is -2.15. The largest absolute Gasteiger partial charge is 0.486 e. The molecule has 0 spiro atoms. The fraction of sp³-hybridized carbons (Fsp3) is 0.312. The Morgan fingerprint density at radius 2 is 2.05 bits per heavy atom. The number of anilines is 1. The maximum Gasteiger partial charge on any atom is 0.162 e. The molecule has 1 aromatic carbocycles. The van der Waals surface area contributed by atoms with Crippen LogP contribution in [0.2, 0.25) is 0 Å². The number of aromatic nitrogens is 1. The molecule has 4 heteroatoms. The number of benzene rings is 1. The number of ether oxygens (including phenoxy) is 2. The lowest BCUT2D eigenvalue weighted by atomic mass is 10.1. The molecule has 3 rings (SSSR count). The van der Waals surface area contributed by atoms with Crippen LogP contribution in [0.5, 0.6) is 11.5 Å². The topological polar surface area (TPSA) is 43.4 Å². The van der Waals surface area contributed by atoms with Gasteiger partial charge in [0.05, 0.1) is 0 Å². The molecule has 20 heavy (non-hydrogen) atoms. The van der Waals surface area contributed by atoms with Crippen LogP contribution in [-0.2, 0) is 0 Å². The first-order valence-electron chi connectivity index (χ1n) is 6.70. The number of nitrogens with zero attached hydrogens (tertiary/aromatic N) is 1. The average Bonchev–Trinajstić information content (AvgIpc) is 2.50. The Kier molecular flexibility index (Phi) is 3.60. The summed E-state index contributed by atoms with van der Waals surface area (Å²) in [6, 6.07) is 5.97. The SMILES string of the molecule is CC#CCCNc1nccc2cc3c(cc12)OCCO3. The molecule has 1 aliphatic heterocycles. The molecular formula is C16H16N2O2. The van der Waals surface area contributed by atoms with E-state index in [0.29, 0.717) is 13.2 Å². The first-order valence-corrected chi connectivity index (χ1v) is 6.70. The Hall–Kier alpha value is -2.41. The molecule has 0 fully saturated rings. The predicted molar refractivity (Wildman–Crippen MR) is 79.3 cm³/mol. The summed E-state index contributed by atoms with van der Waals surface area (Å²) in [5.41, 5.74) is 0. The maximum atomic E-state index is 5.63. The molecule has 0 amide bonds. The summed E-state index contributed by atoms with van der Waals surface area (Å²) in [7, 11) is 0. The van der Waals surface area contributed by atoms with E-state index in [0.717, 1.165) is 41.1 Å². The molecule has 0 unspecified atom stereocenters. The number of fused-ring (bicyclic) bond motifs is 2. The lowest BCUT2D eigenvalue weighted by Gasteiger charge is -2.19. The number of pyridine rings is 1. The smallest absolute Gasteiger partial charge is 0.162 e. The van der Waals surface area contributed by atoms with Crippen LogP contribution >= 0.6 is 0 Å². The molecule has 0 bridgehead atoms. The molecule has 0 saturated heterocycles. The van der Waals surface area contributed by atoms with Crippen molar-refractivity contribution in [1.82, 2.24) is 4.98 Å². The molecule has 2 aromatic rings. The van der Waals surface area contributed by atoms with E-state index in [-0.39, 0.29) is 0 Å². The molecule has 102 valence electrons. The van der Waals surface area contributed by atoms with Gasteiger partial charge >= 0.3 is 0 Å². The van der Waals surface area contributed by atoms with Gasteiger partial charge in [-0.15, -0.1) is 11.8 Å². The van der Waals surface area contributed by atoms with E-state index < -0.39 is 0 Å². The van der Waals surface area contributed by atoms with E-state index in [2.05, 4.69) is 22.1 Å². The van der Waals surface area contributed by atoms with Gasteiger partial charge in [0.15, 0.2) is 11.5 Å². The molecule has 4 nitrogen and oxygen atoms in total. The number of hydrogen-bond donors (Lipinski definition) is 1. The minimum Gasteiger partial charge on any atom is -0.486 e. The number of nitrogens with one attached hydrogen (secondary N) is 1. The Morgan fingerprint density at radius 1 is 1.25 bits per heavy atom. The third-order valence-corrected chi connectivity index (χ3v) is 3.15. The second-order valence-electron chi connectivity index (χ2n) is 4.48. The normalized spacial score (nSPS) is 12.7. The molecule has 0 aliphatic carbocycles. The van der Waals surface area contributed by atoms with E-state index in [1.54, 1.807) is 6.20 Å². The van der Waals surface area contributed by atoms with Crippen molar-refractivity contribution in [2.24, 2.45) is 0 Å². The monoisotopic (exact) mass is 268 g/mol. The van der Waals surface area contributed by atoms with Gasteiger partial charge in [-0.3, -0.25) is 0 Å². The van der Waals surface area contributed by atoms with Crippen LogP contribution in [0.25, 0.3) is 10.8 Å². The quantitative estimate of drug-likeness (QED) is 0.686. The fourth-order valence-corrected chi connectivity index (χ4v) is 2.22. The van der Waals surface area contributed by atoms with Crippen LogP contribution in [0, 0.1) is 11.8 Å². The molecule has 1 N–H and O–H groups in total. The minimum atomic E-state index is 0.591. The zero-order valence-electron chi connectivity index (χ0n) is 11.4. The van der Waals surface area contributed by atoms with Gasteiger partial charge in [-0.25, -0.2) is 4.98 Å². The average molecular weight is 268 g/mol. The van der Waals surface area contributed by atoms with Crippen LogP contribution in [0.1, 0.15) is 13.3 Å². The van der Waals surface area contributed by atoms with Gasteiger partial charge in [-0.1, -0.05) is 0 Å². The predicted octanol–water partition coefficient (Wildman–Crippen LogP) is 2.83. The van der Waals surface area contributed by atoms with Crippen molar-refractivity contribution in [3.8, 4) is 23.3 Å². The summed E-state index contributed by atoms with van der Waals surface area (Å²) in [5.74, 6) is 8.36. The standard InChI is InChI=1S/C16H16N2O2/c1-2-3-4-6-17-16-13-11-15-14(19-8-9-20-15)10-12(13)5-7-18-16/h5,7,10-11H,4,6,8-9H2,1H3,(H,17,18). The van der Waals surface area contributed by atoms with Crippen LogP contribution in [0.4, 0.5) is 5.82 Å². The summed E-state index contributed by atoms with van der Waals surface area (Å²) in [6.07, 6.45) is 2.60. The first kappa shape index (κ1) is 12.6. The van der Waals surface area contributed by atoms with Crippen molar-refractivity contribution in [2.45, 2.75) is 13.3 Å². The van der Waals surface area contributed by atoms with Gasteiger partial charge in [-0.05, 0) is 30.5 Å². The third-order valence-electron chi connectivity index (χ3n) is 3.15. The highest BCUT2D eigenvalue weighted by Crippen LogP contribution is 2.36. The van der Waals surface area contributed by atoms with Crippen molar-refractivity contribution in [3.05, 3.63) is 24.4 Å². The highest BCUT2D eigenvalue weighted by atomic mass is 16.6. The highest BCUT2D eigenvalue weighted by Gasteiger charge is 2.14. The van der Waals surface area contributed by atoms with E-state index in [9.17, 15) is 0 Å². The van der Waals surface area contributed by atoms with Gasteiger partial charge in [0.2, 0.25) is 0 Å². The second-order valence-corrected chi connectivity index (χ2v) is 4.48. The Labute approximate surface area is 118 Å². The summed E-state index contributed by atoms with van der Waals surface area (Å²) < 4.78 is 11.2. The molecular weight excluding hydrogens is 252 g/mol. The van der Waals surface area contributed by atoms with Crippen molar-refractivity contribution >= 4 is 16.6 Å². The zero-order chi connectivity index (χ0) is 13.8. The fourth-order valence-electron chi connectivity index (χ4n) is 2.22. The van der Waals surface area contributed by atoms with Gasteiger partial charge in [0.25, 0.3) is 0 Å². The second kappa shape index (κ2) is 5.70. The van der Waals surface area contributed by atoms with Crippen LogP contribution < -0.4 is 14.8 Å². The van der Waals surface area contributed by atoms with E-state index in [1.165, 1.54) is 0 Å². The minimum absolute atomic E-state index is 0.591. The molecule has 0 saturated carbocycles. The van der Waals surface area contributed by atoms with Gasteiger partial charge < -0.3 is 14.8 Å². The molecule has 1 aliphatic rings. The summed E-state index contributed by atoms with van der Waals surface area (Å²) in [4.78, 5) is 4.40. The molecule has 0 atom stereocenters. The van der Waals surface area contributed by atoms with Crippen molar-refractivity contribution in [3.63, 3.8) is 0 Å². The zero-order valence-corrected chi connectivity index (χ0v) is 11.4. The Bertz CT molecular complexity index is 686. The summed E-state index contributed by atoms with van der Waals surface area (Å²) in [5, 5.41) is 5.45. The molecule has 0 radical (unpaired) electrons. The maximum absolute atomic E-state index is 5.63. The van der Waals surface area contributed by atoms with Crippen LogP contribution in [0.3, 0.4) is 0 Å². The van der Waals surface area contributed by atoms with Crippen LogP contribution in [0.15, 0.2) is 24.4 Å². The lowest BCUT2D eigenvalue weighted by molar-refractivity contribution is 0.172. The molecule has 2 heterocycles. The highest BCUT2D eigenvalue weighted by molar-refractivity contribution is 5.94. The van der Waals surface area contributed by atoms with Crippen molar-refractivity contribution < 1.29 is 9.47 Å². The summed E-state index contributed by atoms with van der Waals surface area (Å²) >= 11 is 0. The third kappa shape index (κ3) is 2.48. The van der Waals surface area contributed by atoms with E-state index in [1.807, 2.05) is 25.1 Å². The van der Waals surface area contributed by atoms with Crippen molar-refractivity contribution in [2.75, 3.05) is 25.1 Å². The van der Waals surface area contributed by atoms with Gasteiger partial charge in [0, 0.05) is 24.5 Å².